The first-order valence-corrected chi connectivity index (χ1v) is 8.66. The molecule has 0 aliphatic rings. The van der Waals surface area contributed by atoms with Gasteiger partial charge in [0.05, 0.1) is 11.3 Å². The molecule has 0 radical (unpaired) electrons. The van der Waals surface area contributed by atoms with Crippen LogP contribution in [0.1, 0.15) is 10.4 Å². The average Bonchev–Trinajstić information content (AvgIpc) is 2.61. The predicted octanol–water partition coefficient (Wildman–Crippen LogP) is 2.46. The lowest BCUT2D eigenvalue weighted by molar-refractivity contribution is 0.0697. The van der Waals surface area contributed by atoms with E-state index < -0.39 is 21.0 Å². The molecule has 8 nitrogen and oxygen atoms in total. The van der Waals surface area contributed by atoms with Crippen molar-refractivity contribution < 1.29 is 28.0 Å². The van der Waals surface area contributed by atoms with Gasteiger partial charge in [0, 0.05) is 5.39 Å². The number of nitrogens with one attached hydrogen (secondary N) is 1. The molecule has 3 aromatic rings. The summed E-state index contributed by atoms with van der Waals surface area (Å²) in [6.07, 6.45) is 0. The number of phenols is 1. The maximum absolute atomic E-state index is 11.2. The number of anilines is 1. The van der Waals surface area contributed by atoms with E-state index in [1.54, 1.807) is 42.5 Å². The minimum absolute atomic E-state index is 0.167. The number of hydrogen-bond acceptors (Lipinski definition) is 6. The number of benzene rings is 3. The van der Waals surface area contributed by atoms with Crippen LogP contribution >= 0.6 is 0 Å². The zero-order valence-corrected chi connectivity index (χ0v) is 14.1. The smallest absolute Gasteiger partial charge is 0.335 e. The minimum atomic E-state index is -4.45. The summed E-state index contributed by atoms with van der Waals surface area (Å²) >= 11 is 0. The molecule has 0 fully saturated rings. The first-order chi connectivity index (χ1) is 12.2. The number of aromatic carboxylic acids is 1. The van der Waals surface area contributed by atoms with Gasteiger partial charge in [-0.2, -0.15) is 8.42 Å². The van der Waals surface area contributed by atoms with Gasteiger partial charge >= 0.3 is 5.97 Å². The molecule has 0 aromatic heterocycles. The monoisotopic (exact) mass is 376 g/mol. The van der Waals surface area contributed by atoms with Crippen LogP contribution in [0, 0.1) is 0 Å². The van der Waals surface area contributed by atoms with E-state index in [4.69, 9.17) is 20.6 Å². The Kier molecular flexibility index (Phi) is 5.78. The molecule has 136 valence electrons. The van der Waals surface area contributed by atoms with Crippen LogP contribution in [0.3, 0.4) is 0 Å². The van der Waals surface area contributed by atoms with Gasteiger partial charge in [-0.3, -0.25) is 10.4 Å². The number of hydrogen-bond donors (Lipinski definition) is 5. The maximum atomic E-state index is 11.2. The van der Waals surface area contributed by atoms with Crippen LogP contribution in [0.25, 0.3) is 10.8 Å². The molecule has 0 aliphatic carbocycles. The third-order valence-electron chi connectivity index (χ3n) is 3.41. The Labute approximate surface area is 149 Å². The van der Waals surface area contributed by atoms with Gasteiger partial charge in [0.15, 0.2) is 0 Å². The zero-order valence-electron chi connectivity index (χ0n) is 13.3. The van der Waals surface area contributed by atoms with E-state index in [1.807, 2.05) is 0 Å². The molecule has 6 N–H and O–H groups in total. The van der Waals surface area contributed by atoms with Gasteiger partial charge in [-0.25, -0.2) is 4.79 Å². The summed E-state index contributed by atoms with van der Waals surface area (Å²) in [6.45, 7) is 0. The summed E-state index contributed by atoms with van der Waals surface area (Å²) in [5, 5.41) is 18.6. The lowest BCUT2D eigenvalue weighted by Crippen LogP contribution is -2.06. The quantitative estimate of drug-likeness (QED) is 0.202. The number of nitrogen functional groups attached to an aromatic ring is 1. The minimum Gasteiger partial charge on any atom is -0.506 e. The van der Waals surface area contributed by atoms with Crippen molar-refractivity contribution in [1.29, 1.82) is 0 Å². The van der Waals surface area contributed by atoms with Gasteiger partial charge < -0.3 is 15.6 Å². The SMILES string of the molecule is NNc1ccccc1O.O=C(O)c1cc(S(=O)(=O)O)c2ccccc2c1. The second kappa shape index (κ2) is 7.83. The highest BCUT2D eigenvalue weighted by atomic mass is 32.2. The molecule has 3 rings (SSSR count). The molecule has 3 aromatic carbocycles. The summed E-state index contributed by atoms with van der Waals surface area (Å²) in [5.41, 5.74) is 2.70. The maximum Gasteiger partial charge on any atom is 0.335 e. The van der Waals surface area contributed by atoms with Crippen molar-refractivity contribution in [3.63, 3.8) is 0 Å². The number of hydrazine groups is 1. The normalized spacial score (nSPS) is 10.7. The molecule has 9 heteroatoms. The van der Waals surface area contributed by atoms with Gasteiger partial charge in [0.1, 0.15) is 10.6 Å². The second-order valence-electron chi connectivity index (χ2n) is 5.14. The van der Waals surface area contributed by atoms with Crippen LogP contribution < -0.4 is 11.3 Å². The summed E-state index contributed by atoms with van der Waals surface area (Å²) in [5.74, 6) is 3.96. The van der Waals surface area contributed by atoms with Crippen molar-refractivity contribution in [2.24, 2.45) is 5.84 Å². The van der Waals surface area contributed by atoms with Crippen LogP contribution in [-0.4, -0.2) is 29.2 Å². The highest BCUT2D eigenvalue weighted by Crippen LogP contribution is 2.25. The van der Waals surface area contributed by atoms with Crippen LogP contribution in [0.4, 0.5) is 5.69 Å². The Morgan fingerprint density at radius 1 is 1.00 bits per heavy atom. The van der Waals surface area contributed by atoms with Crippen LogP contribution in [0.5, 0.6) is 5.75 Å². The molecule has 0 bridgehead atoms. The number of phenolic OH excluding ortho intramolecular Hbond substituents is 1. The second-order valence-corrected chi connectivity index (χ2v) is 6.53. The Morgan fingerprint density at radius 3 is 2.15 bits per heavy atom. The largest absolute Gasteiger partial charge is 0.506 e. The fourth-order valence-corrected chi connectivity index (χ4v) is 2.95. The number of para-hydroxylation sites is 2. The molecule has 0 heterocycles. The van der Waals surface area contributed by atoms with Crippen molar-refractivity contribution in [2.75, 3.05) is 5.43 Å². The third kappa shape index (κ3) is 4.48. The molecule has 0 saturated heterocycles. The lowest BCUT2D eigenvalue weighted by atomic mass is 10.1. The Bertz CT molecular complexity index is 1050. The van der Waals surface area contributed by atoms with Crippen molar-refractivity contribution in [3.8, 4) is 5.75 Å². The number of aromatic hydroxyl groups is 1. The summed E-state index contributed by atoms with van der Waals surface area (Å²) in [7, 11) is -4.45. The van der Waals surface area contributed by atoms with E-state index in [0.717, 1.165) is 6.07 Å². The van der Waals surface area contributed by atoms with E-state index in [9.17, 15) is 13.2 Å². The summed E-state index contributed by atoms with van der Waals surface area (Å²) < 4.78 is 31.4. The Balaban J connectivity index is 0.000000228. The molecule has 26 heavy (non-hydrogen) atoms. The van der Waals surface area contributed by atoms with E-state index in [2.05, 4.69) is 5.43 Å². The molecule has 0 spiro atoms. The molecular formula is C17H16N2O6S. The van der Waals surface area contributed by atoms with E-state index in [1.165, 1.54) is 12.1 Å². The van der Waals surface area contributed by atoms with Crippen molar-refractivity contribution in [2.45, 2.75) is 4.90 Å². The van der Waals surface area contributed by atoms with E-state index >= 15 is 0 Å². The van der Waals surface area contributed by atoms with Gasteiger partial charge in [0.2, 0.25) is 0 Å². The lowest BCUT2D eigenvalue weighted by Gasteiger charge is -2.05. The van der Waals surface area contributed by atoms with Gasteiger partial charge in [0.25, 0.3) is 10.1 Å². The van der Waals surface area contributed by atoms with Crippen molar-refractivity contribution >= 4 is 32.5 Å². The van der Waals surface area contributed by atoms with Gasteiger partial charge in [-0.15, -0.1) is 0 Å². The zero-order chi connectivity index (χ0) is 19.3. The average molecular weight is 376 g/mol. The van der Waals surface area contributed by atoms with Gasteiger partial charge in [-0.1, -0.05) is 36.4 Å². The highest BCUT2D eigenvalue weighted by Gasteiger charge is 2.17. The molecular weight excluding hydrogens is 360 g/mol. The molecule has 0 saturated carbocycles. The standard InChI is InChI=1S/C11H8O5S.C6H8N2O/c12-11(13)8-5-7-3-1-2-4-9(7)10(6-8)17(14,15)16;7-8-5-3-1-2-4-6(5)9/h1-6H,(H,12,13)(H,14,15,16);1-4,8-9H,7H2. The first-order valence-electron chi connectivity index (χ1n) is 7.22. The summed E-state index contributed by atoms with van der Waals surface area (Å²) in [4.78, 5) is 10.5. The fraction of sp³-hybridized carbons (Fsp3) is 0. The third-order valence-corrected chi connectivity index (χ3v) is 4.30. The van der Waals surface area contributed by atoms with Crippen LogP contribution in [0.15, 0.2) is 65.6 Å². The number of nitrogens with two attached hydrogens (primary N) is 1. The molecule has 0 atom stereocenters. The van der Waals surface area contributed by atoms with Crippen molar-refractivity contribution in [3.05, 3.63) is 66.2 Å². The number of carboxylic acids is 1. The highest BCUT2D eigenvalue weighted by molar-refractivity contribution is 7.86. The Hall–Kier alpha value is -3.14. The fourth-order valence-electron chi connectivity index (χ4n) is 2.21. The molecule has 0 amide bonds. The predicted molar refractivity (Wildman–Crippen MR) is 96.6 cm³/mol. The van der Waals surface area contributed by atoms with E-state index in [-0.39, 0.29) is 11.3 Å². The van der Waals surface area contributed by atoms with Crippen LogP contribution in [-0.2, 0) is 10.1 Å². The first kappa shape index (κ1) is 19.2. The van der Waals surface area contributed by atoms with Crippen LogP contribution in [0.2, 0.25) is 0 Å². The number of carbonyl (C=O) groups is 1. The number of carboxylic acid groups (broad SMARTS) is 1. The molecule has 0 unspecified atom stereocenters. The Morgan fingerprint density at radius 2 is 1.62 bits per heavy atom. The number of rotatable bonds is 3. The van der Waals surface area contributed by atoms with Gasteiger partial charge in [-0.05, 0) is 29.7 Å². The topological polar surface area (TPSA) is 150 Å². The van der Waals surface area contributed by atoms with E-state index in [0.29, 0.717) is 16.5 Å². The molecule has 0 aliphatic heterocycles. The number of fused-ring (bicyclic) bond motifs is 1. The summed E-state index contributed by atoms with van der Waals surface area (Å²) in [6, 6.07) is 15.4. The van der Waals surface area contributed by atoms with Crippen molar-refractivity contribution in [1.82, 2.24) is 0 Å².